The van der Waals surface area contributed by atoms with Gasteiger partial charge in [-0.25, -0.2) is 0 Å². The molecule has 0 saturated heterocycles. The Balaban J connectivity index is 1.76. The van der Waals surface area contributed by atoms with Gasteiger partial charge in [0.2, 0.25) is 5.91 Å². The van der Waals surface area contributed by atoms with Crippen molar-refractivity contribution in [2.24, 2.45) is 0 Å². The lowest BCUT2D eigenvalue weighted by molar-refractivity contribution is -0.123. The van der Waals surface area contributed by atoms with Crippen LogP contribution in [0.1, 0.15) is 5.56 Å². The van der Waals surface area contributed by atoms with Gasteiger partial charge in [0, 0.05) is 10.6 Å². The first-order valence-electron chi connectivity index (χ1n) is 7.54. The second kappa shape index (κ2) is 6.97. The quantitative estimate of drug-likeness (QED) is 0.868. The molecule has 5 nitrogen and oxygen atoms in total. The van der Waals surface area contributed by atoms with E-state index in [1.165, 1.54) is 4.90 Å². The Morgan fingerprint density at radius 2 is 2.12 bits per heavy atom. The molecule has 1 heterocycles. The van der Waals surface area contributed by atoms with Crippen LogP contribution in [0.3, 0.4) is 0 Å². The van der Waals surface area contributed by atoms with Crippen LogP contribution in [0.2, 0.25) is 0 Å². The molecular weight excluding hydrogens is 324 g/mol. The number of hydrogen-bond donors (Lipinski definition) is 1. The van der Waals surface area contributed by atoms with Gasteiger partial charge in [-0.1, -0.05) is 12.1 Å². The summed E-state index contributed by atoms with van der Waals surface area (Å²) in [6.45, 7) is 1.85. The first-order chi connectivity index (χ1) is 11.6. The topological polar surface area (TPSA) is 58.6 Å². The highest BCUT2D eigenvalue weighted by Crippen LogP contribution is 2.32. The lowest BCUT2D eigenvalue weighted by Gasteiger charge is -2.29. The molecule has 0 radical (unpaired) electrons. The van der Waals surface area contributed by atoms with E-state index in [0.717, 1.165) is 16.1 Å². The van der Waals surface area contributed by atoms with Crippen LogP contribution in [0.5, 0.6) is 5.75 Å². The third-order valence-corrected chi connectivity index (χ3v) is 4.44. The molecule has 1 aliphatic rings. The molecule has 0 bridgehead atoms. The van der Waals surface area contributed by atoms with E-state index >= 15 is 0 Å². The van der Waals surface area contributed by atoms with Gasteiger partial charge in [0.1, 0.15) is 12.3 Å². The minimum atomic E-state index is -0.240. The van der Waals surface area contributed by atoms with Crippen molar-refractivity contribution in [2.45, 2.75) is 11.8 Å². The van der Waals surface area contributed by atoms with Crippen LogP contribution in [0.4, 0.5) is 11.4 Å². The molecule has 24 heavy (non-hydrogen) atoms. The van der Waals surface area contributed by atoms with Gasteiger partial charge in [0.05, 0.1) is 5.69 Å². The summed E-state index contributed by atoms with van der Waals surface area (Å²) in [5, 5.41) is 2.84. The SMILES string of the molecule is CSc1cccc(NC(=O)CN2C(=O)COc3ccc(C)cc32)c1. The number of thioether (sulfide) groups is 1. The van der Waals surface area contributed by atoms with Gasteiger partial charge >= 0.3 is 0 Å². The molecular formula is C18H18N2O3S. The zero-order valence-corrected chi connectivity index (χ0v) is 14.4. The van der Waals surface area contributed by atoms with Crippen LogP contribution >= 0.6 is 11.8 Å². The summed E-state index contributed by atoms with van der Waals surface area (Å²) >= 11 is 1.61. The minimum absolute atomic E-state index is 0.0395. The van der Waals surface area contributed by atoms with Crippen LogP contribution in [-0.4, -0.2) is 31.2 Å². The van der Waals surface area contributed by atoms with Crippen molar-refractivity contribution in [2.75, 3.05) is 29.6 Å². The Morgan fingerprint density at radius 3 is 2.92 bits per heavy atom. The highest BCUT2D eigenvalue weighted by molar-refractivity contribution is 7.98. The van der Waals surface area contributed by atoms with E-state index in [2.05, 4.69) is 5.32 Å². The highest BCUT2D eigenvalue weighted by Gasteiger charge is 2.27. The van der Waals surface area contributed by atoms with E-state index in [9.17, 15) is 9.59 Å². The molecule has 3 rings (SSSR count). The molecule has 2 aromatic rings. The third kappa shape index (κ3) is 3.54. The first kappa shape index (κ1) is 16.4. The number of benzene rings is 2. The number of nitrogens with one attached hydrogen (secondary N) is 1. The zero-order chi connectivity index (χ0) is 17.1. The van der Waals surface area contributed by atoms with Gasteiger partial charge < -0.3 is 10.1 Å². The van der Waals surface area contributed by atoms with Crippen LogP contribution in [-0.2, 0) is 9.59 Å². The Labute approximate surface area is 145 Å². The fourth-order valence-electron chi connectivity index (χ4n) is 2.53. The maximum absolute atomic E-state index is 12.4. The maximum atomic E-state index is 12.4. The number of amides is 2. The van der Waals surface area contributed by atoms with Crippen LogP contribution in [0.25, 0.3) is 0 Å². The summed E-state index contributed by atoms with van der Waals surface area (Å²) in [6.07, 6.45) is 1.98. The summed E-state index contributed by atoms with van der Waals surface area (Å²) in [4.78, 5) is 27.1. The fourth-order valence-corrected chi connectivity index (χ4v) is 2.99. The number of rotatable bonds is 4. The van der Waals surface area contributed by atoms with Crippen molar-refractivity contribution in [3.63, 3.8) is 0 Å². The average molecular weight is 342 g/mol. The van der Waals surface area contributed by atoms with Crippen molar-refractivity contribution >= 4 is 35.0 Å². The molecule has 2 amide bonds. The Morgan fingerprint density at radius 1 is 1.29 bits per heavy atom. The van der Waals surface area contributed by atoms with E-state index in [1.54, 1.807) is 11.8 Å². The molecule has 6 heteroatoms. The summed E-state index contributed by atoms with van der Waals surface area (Å²) < 4.78 is 5.43. The van der Waals surface area contributed by atoms with Crippen molar-refractivity contribution in [3.05, 3.63) is 48.0 Å². The fraction of sp³-hybridized carbons (Fsp3) is 0.222. The number of nitrogens with zero attached hydrogens (tertiary/aromatic N) is 1. The largest absolute Gasteiger partial charge is 0.482 e. The molecule has 0 unspecified atom stereocenters. The number of hydrogen-bond acceptors (Lipinski definition) is 4. The molecule has 0 aromatic heterocycles. The van der Waals surface area contributed by atoms with E-state index in [4.69, 9.17) is 4.74 Å². The summed E-state index contributed by atoms with van der Waals surface area (Å²) in [5.41, 5.74) is 2.36. The molecule has 2 aromatic carbocycles. The molecule has 0 spiro atoms. The Hall–Kier alpha value is -2.47. The second-order valence-corrected chi connectivity index (χ2v) is 6.40. The maximum Gasteiger partial charge on any atom is 0.265 e. The standard InChI is InChI=1S/C18H18N2O3S/c1-12-6-7-16-15(8-12)20(18(22)11-23-16)10-17(21)19-13-4-3-5-14(9-13)24-2/h3-9H,10-11H2,1-2H3,(H,19,21). The predicted molar refractivity (Wildman–Crippen MR) is 95.9 cm³/mol. The number of carbonyl (C=O) groups is 2. The number of carbonyl (C=O) groups excluding carboxylic acids is 2. The molecule has 0 atom stereocenters. The first-order valence-corrected chi connectivity index (χ1v) is 8.77. The van der Waals surface area contributed by atoms with Gasteiger partial charge in [0.25, 0.3) is 5.91 Å². The lowest BCUT2D eigenvalue weighted by Crippen LogP contribution is -2.43. The van der Waals surface area contributed by atoms with E-state index < -0.39 is 0 Å². The van der Waals surface area contributed by atoms with Gasteiger partial charge in [-0.3, -0.25) is 14.5 Å². The van der Waals surface area contributed by atoms with Crippen LogP contribution < -0.4 is 15.0 Å². The second-order valence-electron chi connectivity index (χ2n) is 5.52. The average Bonchev–Trinajstić information content (AvgIpc) is 2.57. The summed E-state index contributed by atoms with van der Waals surface area (Å²) in [7, 11) is 0. The highest BCUT2D eigenvalue weighted by atomic mass is 32.2. The normalized spacial score (nSPS) is 13.2. The van der Waals surface area contributed by atoms with Crippen molar-refractivity contribution < 1.29 is 14.3 Å². The monoisotopic (exact) mass is 342 g/mol. The Kier molecular flexibility index (Phi) is 4.76. The third-order valence-electron chi connectivity index (χ3n) is 3.71. The smallest absolute Gasteiger partial charge is 0.265 e. The number of aryl methyl sites for hydroxylation is 1. The van der Waals surface area contributed by atoms with Crippen molar-refractivity contribution in [3.8, 4) is 5.75 Å². The van der Waals surface area contributed by atoms with Gasteiger partial charge in [0.15, 0.2) is 6.61 Å². The van der Waals surface area contributed by atoms with Crippen LogP contribution in [0, 0.1) is 6.92 Å². The zero-order valence-electron chi connectivity index (χ0n) is 13.5. The van der Waals surface area contributed by atoms with Gasteiger partial charge in [-0.15, -0.1) is 11.8 Å². The van der Waals surface area contributed by atoms with E-state index in [1.807, 2.05) is 55.6 Å². The number of ether oxygens (including phenoxy) is 1. The van der Waals surface area contributed by atoms with Crippen LogP contribution in [0.15, 0.2) is 47.4 Å². The van der Waals surface area contributed by atoms with Gasteiger partial charge in [-0.05, 0) is 49.1 Å². The van der Waals surface area contributed by atoms with E-state index in [-0.39, 0.29) is 25.0 Å². The molecule has 1 aliphatic heterocycles. The van der Waals surface area contributed by atoms with E-state index in [0.29, 0.717) is 11.4 Å². The number of fused-ring (bicyclic) bond motifs is 1. The lowest BCUT2D eigenvalue weighted by atomic mass is 10.1. The summed E-state index contributed by atoms with van der Waals surface area (Å²) in [5.74, 6) is 0.162. The molecule has 124 valence electrons. The van der Waals surface area contributed by atoms with Crippen molar-refractivity contribution in [1.82, 2.24) is 0 Å². The summed E-state index contributed by atoms with van der Waals surface area (Å²) in [6, 6.07) is 13.2. The molecule has 0 saturated carbocycles. The minimum Gasteiger partial charge on any atom is -0.482 e. The molecule has 1 N–H and O–H groups in total. The molecule has 0 aliphatic carbocycles. The van der Waals surface area contributed by atoms with Gasteiger partial charge in [-0.2, -0.15) is 0 Å². The number of anilines is 2. The Bertz CT molecular complexity index is 792. The van der Waals surface area contributed by atoms with Crippen molar-refractivity contribution in [1.29, 1.82) is 0 Å². The predicted octanol–water partition coefficient (Wildman–Crippen LogP) is 3.08. The molecule has 0 fully saturated rings.